The highest BCUT2D eigenvalue weighted by Crippen LogP contribution is 2.75. The van der Waals surface area contributed by atoms with Crippen LogP contribution in [0.15, 0.2) is 42.5 Å². The van der Waals surface area contributed by atoms with Gasteiger partial charge in [0.25, 0.3) is 6.47 Å². The minimum absolute atomic E-state index is 0.0000275. The Morgan fingerprint density at radius 2 is 1.30 bits per heavy atom. The molecule has 0 spiro atoms. The molecule has 590 valence electrons. The molecule has 1 aromatic rings. The SMILES string of the molecule is CC(=O)OC1C(OC(=O)/C=C/c2ccc(C)cc2)C(C)OC(OC(=O)[C@@H]2CC(C)(C)C[C@@H]3C2[C@H](O)C[C@]2(C)C3C=C[C@@H]3[C@@]4(C)CC[C@H](OC5OC(CCCCOC=O)C(O)C(OC6OCC(O)C(O)C6O)C5OC5OC(CO)C(O)C(O)C5O)[C@@](C)(C=O)[C@@H]4CC[C@]32C)C1OC1CC(C)C(O)C(O)C1O. The third-order valence-electron chi connectivity index (χ3n) is 26.2. The number of hydrogen-bond donors (Lipinski definition) is 12. The van der Waals surface area contributed by atoms with Gasteiger partial charge in [0.2, 0.25) is 6.29 Å². The summed E-state index contributed by atoms with van der Waals surface area (Å²) in [6.07, 6.45) is -27.1. The van der Waals surface area contributed by atoms with Crippen LogP contribution in [-0.2, 0) is 80.8 Å². The number of aldehydes is 1. The first kappa shape index (κ1) is 81.4. The number of rotatable bonds is 22. The Morgan fingerprint density at radius 3 is 1.98 bits per heavy atom. The fourth-order valence-electron chi connectivity index (χ4n) is 20.4. The van der Waals surface area contributed by atoms with Gasteiger partial charge in [-0.05, 0) is 147 Å². The fourth-order valence-corrected chi connectivity index (χ4v) is 20.4. The molecule has 6 aliphatic carbocycles. The number of aliphatic hydroxyl groups excluding tert-OH is 12. The summed E-state index contributed by atoms with van der Waals surface area (Å²) in [5.41, 5.74) is -1.90. The van der Waals surface area contributed by atoms with Gasteiger partial charge in [0.15, 0.2) is 37.2 Å². The molecular formula is C76H112O29. The summed E-state index contributed by atoms with van der Waals surface area (Å²) in [5, 5.41) is 134. The monoisotopic (exact) mass is 1490 g/mol. The Morgan fingerprint density at radius 1 is 0.619 bits per heavy atom. The van der Waals surface area contributed by atoms with Crippen LogP contribution in [0.5, 0.6) is 0 Å². The molecule has 4 aliphatic heterocycles. The molecule has 4 saturated heterocycles. The van der Waals surface area contributed by atoms with E-state index >= 15 is 4.79 Å². The van der Waals surface area contributed by atoms with E-state index in [9.17, 15) is 80.5 Å². The number of carbonyl (C=O) groups is 5. The number of esters is 3. The van der Waals surface area contributed by atoms with Gasteiger partial charge >= 0.3 is 17.9 Å². The number of aliphatic hydroxyl groups is 12. The van der Waals surface area contributed by atoms with Crippen LogP contribution in [0.2, 0.25) is 0 Å². The molecule has 26 unspecified atom stereocenters. The lowest BCUT2D eigenvalue weighted by Crippen LogP contribution is -2.69. The standard InChI is InChI=1S/C76H112O29/c1-35-14-16-39(17-15-35)18-21-51(83)102-62-37(3)96-70(66(64(62)97-38(4)80)98-46-27-36(2)53(84)58(89)55(46)86)105-67(93)41-29-72(5,6)28-40-42-19-20-49-73(7)24-23-50(74(8,33-78)48(73)22-25-75(49,9)76(42,10)30-43(81)52(40)41)101-71-65(104-69-61(92)59(90)56(87)47(31-77)100-69)63(103-68-60(91)54(85)44(82)32-95-68)57(88)45(99-71)13-11-12-26-94-34-79/h14-21,33-34,36-37,40-50,52-66,68-71,77,81-82,84-92H,11-13,22-32H2,1-10H3/b21-18+/t36?,37?,40-,41+,42?,43+,44?,45?,46?,47?,48+,49+,50-,52?,53?,54?,55?,56?,57?,58?,59?,60?,61?,62?,63?,64?,65?,66?,68?,69?,70?,71?,73-,74-,75+,76+/m0/s1. The van der Waals surface area contributed by atoms with E-state index in [-0.39, 0.29) is 62.4 Å². The topological polar surface area (TPSA) is 439 Å². The first-order chi connectivity index (χ1) is 49.5. The second-order valence-corrected chi connectivity index (χ2v) is 33.5. The maximum Gasteiger partial charge on any atom is 0.331 e. The smallest absolute Gasteiger partial charge is 0.331 e. The van der Waals surface area contributed by atoms with Crippen molar-refractivity contribution in [3.05, 3.63) is 53.6 Å². The molecule has 0 amide bonds. The summed E-state index contributed by atoms with van der Waals surface area (Å²) < 4.78 is 74.4. The third kappa shape index (κ3) is 15.8. The second-order valence-electron chi connectivity index (χ2n) is 33.5. The zero-order chi connectivity index (χ0) is 76.3. The summed E-state index contributed by atoms with van der Waals surface area (Å²) in [5.74, 6) is -5.64. The number of hydrogen-bond acceptors (Lipinski definition) is 29. The van der Waals surface area contributed by atoms with Crippen LogP contribution in [-0.4, -0.2) is 265 Å². The lowest BCUT2D eigenvalue weighted by atomic mass is 9.33. The van der Waals surface area contributed by atoms with Crippen molar-refractivity contribution in [1.82, 2.24) is 0 Å². The predicted molar refractivity (Wildman–Crippen MR) is 364 cm³/mol. The van der Waals surface area contributed by atoms with Crippen LogP contribution >= 0.6 is 0 Å². The summed E-state index contributed by atoms with van der Waals surface area (Å²) in [7, 11) is 0. The maximum absolute atomic E-state index is 15.5. The van der Waals surface area contributed by atoms with Gasteiger partial charge in [0.1, 0.15) is 79.5 Å². The van der Waals surface area contributed by atoms with Crippen molar-refractivity contribution in [2.45, 2.75) is 293 Å². The molecule has 10 aliphatic rings. The molecule has 12 N–H and O–H groups in total. The van der Waals surface area contributed by atoms with Gasteiger partial charge in [-0.2, -0.15) is 0 Å². The minimum atomic E-state index is -1.98. The Bertz CT molecular complexity index is 3220. The van der Waals surface area contributed by atoms with Crippen LogP contribution in [0.3, 0.4) is 0 Å². The second kappa shape index (κ2) is 32.4. The molecule has 5 saturated carbocycles. The third-order valence-corrected chi connectivity index (χ3v) is 26.2. The van der Waals surface area contributed by atoms with E-state index in [0.717, 1.165) is 18.8 Å². The molecule has 105 heavy (non-hydrogen) atoms. The molecule has 11 rings (SSSR count). The Labute approximate surface area is 611 Å². The number of fused-ring (bicyclic) bond motifs is 7. The summed E-state index contributed by atoms with van der Waals surface area (Å²) in [6.45, 7) is 17.9. The predicted octanol–water partition coefficient (Wildman–Crippen LogP) is 1.50. The van der Waals surface area contributed by atoms with Crippen LogP contribution < -0.4 is 0 Å². The Hall–Kier alpha value is -4.55. The van der Waals surface area contributed by atoms with Gasteiger partial charge in [-0.25, -0.2) is 4.79 Å². The molecule has 29 nitrogen and oxygen atoms in total. The largest absolute Gasteiger partial charge is 0.468 e. The van der Waals surface area contributed by atoms with E-state index < -0.39 is 229 Å². The number of benzene rings is 1. The van der Waals surface area contributed by atoms with Gasteiger partial charge in [-0.1, -0.05) is 90.4 Å². The average Bonchev–Trinajstić information content (AvgIpc) is 0.676. The minimum Gasteiger partial charge on any atom is -0.468 e. The Kier molecular flexibility index (Phi) is 25.1. The highest BCUT2D eigenvalue weighted by molar-refractivity contribution is 5.87. The van der Waals surface area contributed by atoms with Gasteiger partial charge < -0.3 is 123 Å². The van der Waals surface area contributed by atoms with Crippen LogP contribution in [0, 0.1) is 75.4 Å². The zero-order valence-corrected chi connectivity index (χ0v) is 61.5. The molecule has 4 heterocycles. The van der Waals surface area contributed by atoms with E-state index in [1.54, 1.807) is 19.9 Å². The molecule has 1 aromatic carbocycles. The average molecular weight is 1490 g/mol. The maximum atomic E-state index is 15.5. The molecule has 0 radical (unpaired) electrons. The first-order valence-electron chi connectivity index (χ1n) is 37.4. The van der Waals surface area contributed by atoms with E-state index in [2.05, 4.69) is 46.8 Å². The van der Waals surface area contributed by atoms with Crippen molar-refractivity contribution >= 4 is 36.7 Å². The van der Waals surface area contributed by atoms with Crippen molar-refractivity contribution in [1.29, 1.82) is 0 Å². The zero-order valence-electron chi connectivity index (χ0n) is 61.5. The van der Waals surface area contributed by atoms with Gasteiger partial charge in [-0.15, -0.1) is 0 Å². The van der Waals surface area contributed by atoms with Crippen molar-refractivity contribution in [2.75, 3.05) is 19.8 Å². The molecule has 0 bridgehead atoms. The molecular weight excluding hydrogens is 1380 g/mol. The van der Waals surface area contributed by atoms with Crippen molar-refractivity contribution in [3.8, 4) is 0 Å². The van der Waals surface area contributed by atoms with Crippen LogP contribution in [0.4, 0.5) is 0 Å². The summed E-state index contributed by atoms with van der Waals surface area (Å²) in [4.78, 5) is 67.8. The number of carbonyl (C=O) groups excluding carboxylic acids is 5. The highest BCUT2D eigenvalue weighted by Gasteiger charge is 2.71. The number of aryl methyl sites for hydroxylation is 1. The molecule has 36 atom stereocenters. The van der Waals surface area contributed by atoms with Crippen molar-refractivity contribution < 1.29 is 142 Å². The van der Waals surface area contributed by atoms with Gasteiger partial charge in [0.05, 0.1) is 67.8 Å². The van der Waals surface area contributed by atoms with Crippen molar-refractivity contribution in [3.63, 3.8) is 0 Å². The number of allylic oxidation sites excluding steroid dienone is 2. The van der Waals surface area contributed by atoms with Gasteiger partial charge in [0, 0.05) is 18.9 Å². The quantitative estimate of drug-likeness (QED) is 0.0149. The lowest BCUT2D eigenvalue weighted by Gasteiger charge is -2.71. The first-order valence-corrected chi connectivity index (χ1v) is 37.4. The summed E-state index contributed by atoms with van der Waals surface area (Å²) >= 11 is 0. The lowest BCUT2D eigenvalue weighted by molar-refractivity contribution is -0.394. The Balaban J connectivity index is 0.867. The van der Waals surface area contributed by atoms with Crippen LogP contribution in [0.1, 0.15) is 144 Å². The van der Waals surface area contributed by atoms with Crippen LogP contribution in [0.25, 0.3) is 6.08 Å². The number of unbranched alkanes of at least 4 members (excludes halogenated alkanes) is 1. The van der Waals surface area contributed by atoms with E-state index in [4.69, 9.17) is 56.8 Å². The molecule has 9 fully saturated rings. The van der Waals surface area contributed by atoms with E-state index in [1.807, 2.05) is 38.1 Å². The fraction of sp³-hybridized carbons (Fsp3) is 0.803. The number of ether oxygens (including phenoxy) is 12. The van der Waals surface area contributed by atoms with Gasteiger partial charge in [-0.3, -0.25) is 14.4 Å². The highest BCUT2D eigenvalue weighted by atomic mass is 16.8. The van der Waals surface area contributed by atoms with E-state index in [1.165, 1.54) is 6.08 Å². The molecule has 29 heteroatoms. The summed E-state index contributed by atoms with van der Waals surface area (Å²) in [6, 6.07) is 7.39. The normalized spacial score (nSPS) is 48.1. The molecule has 0 aromatic heterocycles. The van der Waals surface area contributed by atoms with Crippen molar-refractivity contribution in [2.24, 2.45) is 68.5 Å². The van der Waals surface area contributed by atoms with E-state index in [0.29, 0.717) is 50.6 Å².